The summed E-state index contributed by atoms with van der Waals surface area (Å²) in [5, 5.41) is 7.60. The Morgan fingerprint density at radius 1 is 1.04 bits per heavy atom. The molecule has 5 nitrogen and oxygen atoms in total. The number of amides is 2. The van der Waals surface area contributed by atoms with Crippen LogP contribution in [0.15, 0.2) is 28.7 Å². The molecule has 132 valence electrons. The third-order valence-electron chi connectivity index (χ3n) is 4.38. The van der Waals surface area contributed by atoms with Crippen molar-refractivity contribution in [3.05, 3.63) is 28.7 Å². The lowest BCUT2D eigenvalue weighted by atomic mass is 9.97. The summed E-state index contributed by atoms with van der Waals surface area (Å²) in [6, 6.07) is 7.95. The molecule has 2 rings (SSSR count). The van der Waals surface area contributed by atoms with Crippen molar-refractivity contribution in [2.45, 2.75) is 51.0 Å². The predicted molar refractivity (Wildman–Crippen MR) is 98.7 cm³/mol. The summed E-state index contributed by atoms with van der Waals surface area (Å²) in [7, 11) is 0. The van der Waals surface area contributed by atoms with Crippen LogP contribution < -0.4 is 16.0 Å². The van der Waals surface area contributed by atoms with E-state index in [0.717, 1.165) is 4.47 Å². The van der Waals surface area contributed by atoms with Crippen molar-refractivity contribution in [1.29, 1.82) is 0 Å². The molecule has 1 fully saturated rings. The lowest BCUT2D eigenvalue weighted by Gasteiger charge is -2.18. The zero-order valence-electron chi connectivity index (χ0n) is 14.0. The maximum absolute atomic E-state index is 11.9. The van der Waals surface area contributed by atoms with E-state index >= 15 is 0 Å². The van der Waals surface area contributed by atoms with Crippen LogP contribution in [0.3, 0.4) is 0 Å². The molecule has 2 amide bonds. The van der Waals surface area contributed by atoms with Crippen LogP contribution in [0.1, 0.15) is 44.9 Å². The van der Waals surface area contributed by atoms with E-state index in [9.17, 15) is 9.59 Å². The molecule has 0 heterocycles. The highest BCUT2D eigenvalue weighted by atomic mass is 79.9. The van der Waals surface area contributed by atoms with Crippen LogP contribution in [-0.4, -0.2) is 30.9 Å². The molecular weight excluding hydrogens is 370 g/mol. The van der Waals surface area contributed by atoms with Crippen molar-refractivity contribution in [3.63, 3.8) is 0 Å². The molecule has 0 bridgehead atoms. The molecule has 24 heavy (non-hydrogen) atoms. The lowest BCUT2D eigenvalue weighted by molar-refractivity contribution is -0.680. The summed E-state index contributed by atoms with van der Waals surface area (Å²) in [6.45, 7) is 0.394. The van der Waals surface area contributed by atoms with Gasteiger partial charge in [0.25, 0.3) is 5.91 Å². The van der Waals surface area contributed by atoms with Crippen LogP contribution in [0.5, 0.6) is 0 Å². The number of carbonyl (C=O) groups excluding carboxylic acids is 2. The summed E-state index contributed by atoms with van der Waals surface area (Å²) in [4.78, 5) is 23.8. The van der Waals surface area contributed by atoms with Crippen LogP contribution in [-0.2, 0) is 9.59 Å². The van der Waals surface area contributed by atoms with E-state index in [1.54, 1.807) is 0 Å². The van der Waals surface area contributed by atoms with Gasteiger partial charge in [-0.05, 0) is 53.7 Å². The highest BCUT2D eigenvalue weighted by Gasteiger charge is 2.16. The fourth-order valence-electron chi connectivity index (χ4n) is 3.01. The number of nitrogens with one attached hydrogen (secondary N) is 2. The van der Waals surface area contributed by atoms with Crippen LogP contribution in [0, 0.1) is 0 Å². The number of hydrogen-bond acceptors (Lipinski definition) is 2. The summed E-state index contributed by atoms with van der Waals surface area (Å²) in [5.74, 6) is -0.305. The number of anilines is 1. The average Bonchev–Trinajstić information content (AvgIpc) is 2.54. The molecule has 0 atom stereocenters. The van der Waals surface area contributed by atoms with Gasteiger partial charge in [0.2, 0.25) is 5.91 Å². The second kappa shape index (κ2) is 10.5. The quantitative estimate of drug-likeness (QED) is 0.689. The SMILES string of the molecule is O=C(C[NH2+]C1CCCCCCC1)NCC(=O)Nc1ccccc1Br. The third kappa shape index (κ3) is 7.01. The summed E-state index contributed by atoms with van der Waals surface area (Å²) in [6.07, 6.45) is 8.87. The molecule has 1 aliphatic carbocycles. The zero-order valence-corrected chi connectivity index (χ0v) is 15.6. The van der Waals surface area contributed by atoms with E-state index in [1.165, 1.54) is 44.9 Å². The predicted octanol–water partition coefficient (Wildman–Crippen LogP) is 2.18. The van der Waals surface area contributed by atoms with E-state index in [1.807, 2.05) is 24.3 Å². The summed E-state index contributed by atoms with van der Waals surface area (Å²) in [5.41, 5.74) is 0.706. The average molecular weight is 397 g/mol. The molecule has 0 saturated heterocycles. The van der Waals surface area contributed by atoms with Crippen LogP contribution >= 0.6 is 15.9 Å². The van der Waals surface area contributed by atoms with Crippen molar-refractivity contribution in [2.75, 3.05) is 18.4 Å². The third-order valence-corrected chi connectivity index (χ3v) is 5.07. The molecule has 0 aliphatic heterocycles. The number of nitrogens with two attached hydrogens (primary N) is 1. The van der Waals surface area contributed by atoms with Gasteiger partial charge >= 0.3 is 0 Å². The van der Waals surface area contributed by atoms with Crippen molar-refractivity contribution >= 4 is 33.4 Å². The molecule has 4 N–H and O–H groups in total. The molecule has 0 radical (unpaired) electrons. The standard InChI is InChI=1S/C18H26BrN3O2/c19-15-10-6-7-11-16(15)22-18(24)13-21-17(23)12-20-14-8-4-2-1-3-5-9-14/h6-7,10-11,14,20H,1-5,8-9,12-13H2,(H,21,23)(H,22,24)/p+1. The van der Waals surface area contributed by atoms with Gasteiger partial charge < -0.3 is 16.0 Å². The van der Waals surface area contributed by atoms with Crippen molar-refractivity contribution in [1.82, 2.24) is 5.32 Å². The van der Waals surface area contributed by atoms with Gasteiger partial charge in [-0.2, -0.15) is 0 Å². The van der Waals surface area contributed by atoms with Gasteiger partial charge in [0, 0.05) is 4.47 Å². The lowest BCUT2D eigenvalue weighted by Crippen LogP contribution is -2.92. The fourth-order valence-corrected chi connectivity index (χ4v) is 3.39. The first-order valence-corrected chi connectivity index (χ1v) is 9.59. The summed E-state index contributed by atoms with van der Waals surface area (Å²) < 4.78 is 0.822. The Hall–Kier alpha value is -1.40. The largest absolute Gasteiger partial charge is 0.342 e. The minimum Gasteiger partial charge on any atom is -0.342 e. The van der Waals surface area contributed by atoms with Crippen molar-refractivity contribution in [2.24, 2.45) is 0 Å². The monoisotopic (exact) mass is 396 g/mol. The topological polar surface area (TPSA) is 74.8 Å². The number of hydrogen-bond donors (Lipinski definition) is 3. The Kier molecular flexibility index (Phi) is 8.25. The number of benzene rings is 1. The smallest absolute Gasteiger partial charge is 0.275 e. The van der Waals surface area contributed by atoms with Gasteiger partial charge in [-0.1, -0.05) is 31.4 Å². The van der Waals surface area contributed by atoms with Crippen LogP contribution in [0.25, 0.3) is 0 Å². The van der Waals surface area contributed by atoms with Gasteiger partial charge in [0.15, 0.2) is 6.54 Å². The Morgan fingerprint density at radius 3 is 2.42 bits per heavy atom. The highest BCUT2D eigenvalue weighted by Crippen LogP contribution is 2.20. The molecule has 1 aromatic rings. The second-order valence-corrected chi connectivity index (χ2v) is 7.20. The molecule has 0 aromatic heterocycles. The van der Waals surface area contributed by atoms with E-state index in [4.69, 9.17) is 0 Å². The summed E-state index contributed by atoms with van der Waals surface area (Å²) >= 11 is 3.38. The van der Waals surface area contributed by atoms with Gasteiger partial charge in [-0.25, -0.2) is 0 Å². The number of rotatable bonds is 6. The zero-order chi connectivity index (χ0) is 17.2. The number of quaternary nitrogens is 1. The molecule has 1 saturated carbocycles. The minimum atomic E-state index is -0.221. The minimum absolute atomic E-state index is 0.00132. The van der Waals surface area contributed by atoms with Gasteiger partial charge in [0.1, 0.15) is 0 Å². The Bertz CT molecular complexity index is 543. The second-order valence-electron chi connectivity index (χ2n) is 6.35. The van der Waals surface area contributed by atoms with Crippen molar-refractivity contribution in [3.8, 4) is 0 Å². The van der Waals surface area contributed by atoms with Crippen LogP contribution in [0.2, 0.25) is 0 Å². The molecular formula is C18H27BrN3O2+. The first kappa shape index (κ1) is 18.9. The Balaban J connectivity index is 1.65. The van der Waals surface area contributed by atoms with E-state index in [0.29, 0.717) is 18.3 Å². The normalized spacial score (nSPS) is 16.0. The van der Waals surface area contributed by atoms with Gasteiger partial charge in [-0.15, -0.1) is 0 Å². The molecule has 1 aromatic carbocycles. The van der Waals surface area contributed by atoms with Crippen LogP contribution in [0.4, 0.5) is 5.69 Å². The molecule has 0 spiro atoms. The number of halogens is 1. The first-order chi connectivity index (χ1) is 11.6. The van der Waals surface area contributed by atoms with E-state index in [2.05, 4.69) is 31.9 Å². The number of carbonyl (C=O) groups is 2. The Morgan fingerprint density at radius 2 is 1.71 bits per heavy atom. The van der Waals surface area contributed by atoms with E-state index in [-0.39, 0.29) is 18.4 Å². The molecule has 6 heteroatoms. The maximum atomic E-state index is 11.9. The van der Waals surface area contributed by atoms with Gasteiger partial charge in [0.05, 0.1) is 18.3 Å². The van der Waals surface area contributed by atoms with Crippen molar-refractivity contribution < 1.29 is 14.9 Å². The first-order valence-electron chi connectivity index (χ1n) is 8.79. The fraction of sp³-hybridized carbons (Fsp3) is 0.556. The Labute approximate surface area is 152 Å². The molecule has 0 unspecified atom stereocenters. The number of para-hydroxylation sites is 1. The van der Waals surface area contributed by atoms with E-state index < -0.39 is 0 Å². The maximum Gasteiger partial charge on any atom is 0.275 e. The molecule has 1 aliphatic rings. The van der Waals surface area contributed by atoms with Gasteiger partial charge in [-0.3, -0.25) is 9.59 Å². The highest BCUT2D eigenvalue weighted by molar-refractivity contribution is 9.10.